The van der Waals surface area contributed by atoms with Crippen molar-refractivity contribution in [3.63, 3.8) is 0 Å². The molecule has 6 aromatic carbocycles. The van der Waals surface area contributed by atoms with Gasteiger partial charge in [-0.1, -0.05) is 80.4 Å². The second kappa shape index (κ2) is 14.4. The second-order valence-corrected chi connectivity index (χ2v) is 13.7. The minimum Gasteiger partial charge on any atom is -0.483 e. The van der Waals surface area contributed by atoms with E-state index in [1.54, 1.807) is 0 Å². The van der Waals surface area contributed by atoms with E-state index in [4.69, 9.17) is 9.47 Å². The quantitative estimate of drug-likeness (QED) is 0.152. The summed E-state index contributed by atoms with van der Waals surface area (Å²) >= 11 is 14.2. The zero-order valence-corrected chi connectivity index (χ0v) is 30.3. The minimum atomic E-state index is -0.263. The van der Waals surface area contributed by atoms with Gasteiger partial charge in [0.1, 0.15) is 11.5 Å². The molecule has 6 aromatic rings. The number of carbonyl (C=O) groups is 2. The molecule has 0 unspecified atom stereocenters. The lowest BCUT2D eigenvalue weighted by Gasteiger charge is -2.12. The Kier molecular flexibility index (Phi) is 10.1. The molecule has 0 fully saturated rings. The van der Waals surface area contributed by atoms with E-state index in [9.17, 15) is 9.59 Å². The molecule has 0 heterocycles. The van der Waals surface area contributed by atoms with E-state index in [0.717, 1.165) is 50.6 Å². The minimum absolute atomic E-state index is 0.127. The molecular weight excluding hydrogens is 844 g/mol. The van der Waals surface area contributed by atoms with Crippen LogP contribution in [-0.2, 0) is 9.59 Å². The van der Waals surface area contributed by atoms with Gasteiger partial charge in [-0.25, -0.2) is 0 Å². The summed E-state index contributed by atoms with van der Waals surface area (Å²) in [6.07, 6.45) is 0. The number of nitrogens with one attached hydrogen (secondary N) is 2. The van der Waals surface area contributed by atoms with Crippen LogP contribution in [-0.4, -0.2) is 25.0 Å². The van der Waals surface area contributed by atoms with Crippen molar-refractivity contribution in [2.24, 2.45) is 0 Å². The first-order chi connectivity index (χ1) is 22.2. The number of amides is 2. The molecule has 2 N–H and O–H groups in total. The Bertz CT molecular complexity index is 1930. The highest BCUT2D eigenvalue weighted by molar-refractivity contribution is 9.11. The summed E-state index contributed by atoms with van der Waals surface area (Å²) in [7, 11) is 0. The van der Waals surface area contributed by atoms with Crippen molar-refractivity contribution in [1.29, 1.82) is 0 Å². The van der Waals surface area contributed by atoms with Crippen LogP contribution in [0, 0.1) is 0 Å². The van der Waals surface area contributed by atoms with Crippen molar-refractivity contribution >= 4 is 108 Å². The van der Waals surface area contributed by atoms with Gasteiger partial charge < -0.3 is 20.1 Å². The van der Waals surface area contributed by atoms with Crippen LogP contribution in [0.2, 0.25) is 0 Å². The number of fused-ring (bicyclic) bond motifs is 2. The maximum Gasteiger partial charge on any atom is 0.262 e. The third-order valence-electron chi connectivity index (χ3n) is 7.15. The number of ether oxygens (including phenoxy) is 2. The predicted molar refractivity (Wildman–Crippen MR) is 199 cm³/mol. The molecule has 6 rings (SSSR count). The Morgan fingerprint density at radius 3 is 1.28 bits per heavy atom. The average Bonchev–Trinajstić information content (AvgIpc) is 3.05. The summed E-state index contributed by atoms with van der Waals surface area (Å²) in [6.45, 7) is -0.253. The van der Waals surface area contributed by atoms with Gasteiger partial charge in [-0.05, 0) is 125 Å². The third-order valence-corrected chi connectivity index (χ3v) is 9.77. The molecule has 0 radical (unpaired) electrons. The summed E-state index contributed by atoms with van der Waals surface area (Å²) in [5.41, 5.74) is 3.26. The highest BCUT2D eigenvalue weighted by Crippen LogP contribution is 2.36. The summed E-state index contributed by atoms with van der Waals surface area (Å²) < 4.78 is 15.2. The van der Waals surface area contributed by atoms with Crippen molar-refractivity contribution in [1.82, 2.24) is 0 Å². The van der Waals surface area contributed by atoms with Gasteiger partial charge in [0.25, 0.3) is 11.8 Å². The van der Waals surface area contributed by atoms with Crippen LogP contribution in [0.1, 0.15) is 0 Å². The van der Waals surface area contributed by atoms with Crippen molar-refractivity contribution in [3.05, 3.63) is 127 Å². The summed E-state index contributed by atoms with van der Waals surface area (Å²) in [5, 5.41) is 9.86. The Morgan fingerprint density at radius 2 is 0.891 bits per heavy atom. The maximum atomic E-state index is 12.6. The average molecular weight is 868 g/mol. The van der Waals surface area contributed by atoms with Gasteiger partial charge >= 0.3 is 0 Å². The Morgan fingerprint density at radius 1 is 0.500 bits per heavy atom. The highest BCUT2D eigenvalue weighted by atomic mass is 79.9. The smallest absolute Gasteiger partial charge is 0.262 e. The summed E-state index contributed by atoms with van der Waals surface area (Å²) in [5.74, 6) is 0.667. The fourth-order valence-corrected chi connectivity index (χ4v) is 6.85. The fraction of sp³-hybridized carbons (Fsp3) is 0.0556. The first-order valence-corrected chi connectivity index (χ1v) is 17.2. The number of rotatable bonds is 9. The molecule has 46 heavy (non-hydrogen) atoms. The van der Waals surface area contributed by atoms with Crippen molar-refractivity contribution in [3.8, 4) is 22.6 Å². The van der Waals surface area contributed by atoms with Gasteiger partial charge in [-0.3, -0.25) is 9.59 Å². The van der Waals surface area contributed by atoms with Gasteiger partial charge in [0.05, 0.1) is 8.95 Å². The van der Waals surface area contributed by atoms with Crippen LogP contribution in [0.15, 0.2) is 127 Å². The van der Waals surface area contributed by atoms with E-state index in [-0.39, 0.29) is 25.0 Å². The molecule has 2 amide bonds. The lowest BCUT2D eigenvalue weighted by Crippen LogP contribution is -2.20. The van der Waals surface area contributed by atoms with E-state index in [2.05, 4.69) is 74.4 Å². The van der Waals surface area contributed by atoms with E-state index in [1.807, 2.05) is 109 Å². The van der Waals surface area contributed by atoms with Gasteiger partial charge in [0.15, 0.2) is 13.2 Å². The summed E-state index contributed by atoms with van der Waals surface area (Å²) in [6, 6.07) is 34.6. The SMILES string of the molecule is O=C(COc1ccc2cc(Br)ccc2c1Br)Nc1ccc(-c2ccc(NC(=O)COc3ccc4cc(Br)ccc4c3Br)cc2)cc1. The lowest BCUT2D eigenvalue weighted by molar-refractivity contribution is -0.118. The number of benzene rings is 6. The van der Waals surface area contributed by atoms with Crippen molar-refractivity contribution in [2.75, 3.05) is 23.8 Å². The molecular formula is C36H24Br4N2O4. The molecule has 0 saturated carbocycles. The molecule has 0 bridgehead atoms. The van der Waals surface area contributed by atoms with Crippen LogP contribution in [0.4, 0.5) is 11.4 Å². The molecule has 6 nitrogen and oxygen atoms in total. The largest absolute Gasteiger partial charge is 0.483 e. The maximum absolute atomic E-state index is 12.6. The number of hydrogen-bond donors (Lipinski definition) is 2. The molecule has 0 atom stereocenters. The van der Waals surface area contributed by atoms with Crippen LogP contribution in [0.25, 0.3) is 32.7 Å². The molecule has 10 heteroatoms. The fourth-order valence-electron chi connectivity index (χ4n) is 4.88. The van der Waals surface area contributed by atoms with Crippen molar-refractivity contribution < 1.29 is 19.1 Å². The standard InChI is InChI=1S/C36H24Br4N2O4/c37-25-7-13-29-23(17-25)5-15-31(35(29)39)45-19-33(43)41-27-9-1-21(2-10-27)22-3-11-28(12-4-22)42-34(44)20-46-32-16-6-24-18-26(38)8-14-30(24)36(32)40/h1-18H,19-20H2,(H,41,43)(H,42,44). The number of hydrogen-bond acceptors (Lipinski definition) is 4. The Hall–Kier alpha value is -3.70. The zero-order chi connectivity index (χ0) is 32.2. The second-order valence-electron chi connectivity index (χ2n) is 10.3. The van der Waals surface area contributed by atoms with Gasteiger partial charge in [-0.15, -0.1) is 0 Å². The van der Waals surface area contributed by atoms with Crippen LogP contribution < -0.4 is 20.1 Å². The molecule has 230 valence electrons. The molecule has 0 spiro atoms. The Labute approximate surface area is 299 Å². The zero-order valence-electron chi connectivity index (χ0n) is 24.0. The third kappa shape index (κ3) is 7.63. The van der Waals surface area contributed by atoms with Crippen LogP contribution in [0.3, 0.4) is 0 Å². The number of carbonyl (C=O) groups excluding carboxylic acids is 2. The molecule has 0 aliphatic carbocycles. The van der Waals surface area contributed by atoms with Gasteiger partial charge in [-0.2, -0.15) is 0 Å². The lowest BCUT2D eigenvalue weighted by atomic mass is 10.0. The highest BCUT2D eigenvalue weighted by Gasteiger charge is 2.12. The topological polar surface area (TPSA) is 76.7 Å². The summed E-state index contributed by atoms with van der Waals surface area (Å²) in [4.78, 5) is 25.2. The Balaban J connectivity index is 0.997. The van der Waals surface area contributed by atoms with Gasteiger partial charge in [0.2, 0.25) is 0 Å². The van der Waals surface area contributed by atoms with E-state index in [0.29, 0.717) is 22.9 Å². The molecule has 0 aliphatic rings. The van der Waals surface area contributed by atoms with Crippen LogP contribution >= 0.6 is 63.7 Å². The molecule has 0 saturated heterocycles. The normalized spacial score (nSPS) is 11.0. The van der Waals surface area contributed by atoms with Crippen LogP contribution in [0.5, 0.6) is 11.5 Å². The number of halogens is 4. The molecule has 0 aliphatic heterocycles. The number of anilines is 2. The van der Waals surface area contributed by atoms with Gasteiger partial charge in [0, 0.05) is 20.3 Å². The predicted octanol–water partition coefficient (Wildman–Crippen LogP) is 10.7. The monoisotopic (exact) mass is 864 g/mol. The first kappa shape index (κ1) is 32.2. The van der Waals surface area contributed by atoms with E-state index >= 15 is 0 Å². The van der Waals surface area contributed by atoms with Crippen molar-refractivity contribution in [2.45, 2.75) is 0 Å². The van der Waals surface area contributed by atoms with E-state index in [1.165, 1.54) is 0 Å². The van der Waals surface area contributed by atoms with E-state index < -0.39 is 0 Å². The molecule has 0 aromatic heterocycles. The first-order valence-electron chi connectivity index (χ1n) is 14.0.